The topological polar surface area (TPSA) is 68.2 Å². The molecule has 1 atom stereocenters. The molecule has 1 fully saturated rings. The highest BCUT2D eigenvalue weighted by atomic mass is 16.5. The number of likely N-dealkylation sites (tertiary alicyclic amines) is 1. The van der Waals surface area contributed by atoms with Gasteiger partial charge >= 0.3 is 0 Å². The second kappa shape index (κ2) is 7.58. The summed E-state index contributed by atoms with van der Waals surface area (Å²) in [5.74, 6) is -0.00854. The molecule has 0 N–H and O–H groups in total. The Kier molecular flexibility index (Phi) is 4.84. The van der Waals surface area contributed by atoms with Crippen LogP contribution in [0.1, 0.15) is 28.8 Å². The number of aromatic nitrogens is 3. The lowest BCUT2D eigenvalue weighted by molar-refractivity contribution is -0.00676. The van der Waals surface area contributed by atoms with Gasteiger partial charge in [-0.1, -0.05) is 12.1 Å². The van der Waals surface area contributed by atoms with Crippen LogP contribution in [0.4, 0.5) is 0 Å². The molecule has 1 amide bonds. The van der Waals surface area contributed by atoms with Gasteiger partial charge in [0.25, 0.3) is 5.91 Å². The normalized spacial score (nSPS) is 17.4. The maximum absolute atomic E-state index is 13.0. The third kappa shape index (κ3) is 3.55. The number of fused-ring (bicyclic) bond motifs is 1. The second-order valence-electron chi connectivity index (χ2n) is 6.42. The highest BCUT2D eigenvalue weighted by molar-refractivity contribution is 6.04. The van der Waals surface area contributed by atoms with Crippen molar-refractivity contribution >= 4 is 16.9 Å². The average molecular weight is 348 g/mol. The van der Waals surface area contributed by atoms with Gasteiger partial charge < -0.3 is 9.64 Å². The zero-order valence-corrected chi connectivity index (χ0v) is 14.4. The first kappa shape index (κ1) is 16.6. The summed E-state index contributed by atoms with van der Waals surface area (Å²) >= 11 is 0. The van der Waals surface area contributed by atoms with E-state index < -0.39 is 0 Å². The standard InChI is InChI=1S/C20H20N4O2/c25-20(17-6-1-7-18-19(17)23-10-9-22-18)24-11-3-5-16(13-24)26-14-15-4-2-8-21-12-15/h1-2,4,6-10,12,16H,3,5,11,13-14H2. The van der Waals surface area contributed by atoms with Crippen molar-refractivity contribution in [3.8, 4) is 0 Å². The zero-order chi connectivity index (χ0) is 17.8. The summed E-state index contributed by atoms with van der Waals surface area (Å²) in [6.07, 6.45) is 8.74. The molecule has 0 radical (unpaired) electrons. The van der Waals surface area contributed by atoms with Crippen LogP contribution in [0.15, 0.2) is 55.1 Å². The summed E-state index contributed by atoms with van der Waals surface area (Å²) in [5.41, 5.74) is 3.03. The van der Waals surface area contributed by atoms with Gasteiger partial charge in [-0.2, -0.15) is 0 Å². The summed E-state index contributed by atoms with van der Waals surface area (Å²) < 4.78 is 6.01. The molecule has 6 heteroatoms. The van der Waals surface area contributed by atoms with Crippen molar-refractivity contribution in [2.45, 2.75) is 25.6 Å². The van der Waals surface area contributed by atoms with E-state index in [1.54, 1.807) is 24.8 Å². The van der Waals surface area contributed by atoms with E-state index in [9.17, 15) is 4.79 Å². The lowest BCUT2D eigenvalue weighted by Crippen LogP contribution is -2.43. The Morgan fingerprint density at radius 1 is 1.15 bits per heavy atom. The largest absolute Gasteiger partial charge is 0.372 e. The molecule has 0 bridgehead atoms. The quantitative estimate of drug-likeness (QED) is 0.725. The van der Waals surface area contributed by atoms with E-state index in [4.69, 9.17) is 4.74 Å². The van der Waals surface area contributed by atoms with Crippen molar-refractivity contribution in [1.82, 2.24) is 19.9 Å². The molecular formula is C20H20N4O2. The molecule has 0 spiro atoms. The van der Waals surface area contributed by atoms with E-state index in [1.165, 1.54) is 0 Å². The van der Waals surface area contributed by atoms with E-state index >= 15 is 0 Å². The molecule has 1 aliphatic heterocycles. The van der Waals surface area contributed by atoms with Crippen LogP contribution in [-0.4, -0.2) is 45.0 Å². The minimum Gasteiger partial charge on any atom is -0.372 e. The van der Waals surface area contributed by atoms with Gasteiger partial charge in [-0.05, 0) is 36.6 Å². The Morgan fingerprint density at radius 2 is 2.08 bits per heavy atom. The van der Waals surface area contributed by atoms with E-state index in [1.807, 2.05) is 35.2 Å². The Hall–Kier alpha value is -2.86. The van der Waals surface area contributed by atoms with Crippen molar-refractivity contribution in [2.24, 2.45) is 0 Å². The van der Waals surface area contributed by atoms with Crippen LogP contribution in [0, 0.1) is 0 Å². The van der Waals surface area contributed by atoms with Gasteiger partial charge in [0.1, 0.15) is 5.52 Å². The molecule has 4 rings (SSSR count). The highest BCUT2D eigenvalue weighted by Gasteiger charge is 2.26. The molecule has 0 saturated carbocycles. The molecule has 1 saturated heterocycles. The van der Waals surface area contributed by atoms with E-state index in [-0.39, 0.29) is 12.0 Å². The van der Waals surface area contributed by atoms with Crippen molar-refractivity contribution in [3.63, 3.8) is 0 Å². The molecule has 1 aromatic carbocycles. The van der Waals surface area contributed by atoms with Gasteiger partial charge in [0.15, 0.2) is 0 Å². The summed E-state index contributed by atoms with van der Waals surface area (Å²) in [7, 11) is 0. The van der Waals surface area contributed by atoms with E-state index in [0.717, 1.165) is 30.5 Å². The first-order valence-electron chi connectivity index (χ1n) is 8.81. The average Bonchev–Trinajstić information content (AvgIpc) is 2.72. The number of para-hydroxylation sites is 1. The van der Waals surface area contributed by atoms with Gasteiger partial charge in [0, 0.05) is 37.9 Å². The van der Waals surface area contributed by atoms with Gasteiger partial charge in [0.2, 0.25) is 0 Å². The molecule has 0 aliphatic carbocycles. The van der Waals surface area contributed by atoms with Gasteiger partial charge in [-0.25, -0.2) is 0 Å². The SMILES string of the molecule is O=C(c1cccc2nccnc12)N1CCCC(OCc2cccnc2)C1. The van der Waals surface area contributed by atoms with Crippen LogP contribution in [0.3, 0.4) is 0 Å². The number of carbonyl (C=O) groups excluding carboxylic acids is 1. The number of pyridine rings is 1. The number of amides is 1. The number of hydrogen-bond acceptors (Lipinski definition) is 5. The molecule has 3 aromatic rings. The Bertz CT molecular complexity index is 895. The van der Waals surface area contributed by atoms with Gasteiger partial charge in [-0.15, -0.1) is 0 Å². The highest BCUT2D eigenvalue weighted by Crippen LogP contribution is 2.20. The van der Waals surface area contributed by atoms with Crippen molar-refractivity contribution < 1.29 is 9.53 Å². The molecular weight excluding hydrogens is 328 g/mol. The fourth-order valence-corrected chi connectivity index (χ4v) is 3.29. The van der Waals surface area contributed by atoms with Crippen LogP contribution in [-0.2, 0) is 11.3 Å². The minimum atomic E-state index is -0.00854. The van der Waals surface area contributed by atoms with Crippen LogP contribution >= 0.6 is 0 Å². The third-order valence-corrected chi connectivity index (χ3v) is 4.60. The third-order valence-electron chi connectivity index (χ3n) is 4.60. The van der Waals surface area contributed by atoms with Crippen LogP contribution in [0.5, 0.6) is 0 Å². The van der Waals surface area contributed by atoms with Crippen molar-refractivity contribution in [1.29, 1.82) is 0 Å². The summed E-state index contributed by atoms with van der Waals surface area (Å²) in [5, 5.41) is 0. The van der Waals surface area contributed by atoms with Crippen molar-refractivity contribution in [3.05, 3.63) is 66.2 Å². The van der Waals surface area contributed by atoms with Crippen LogP contribution in [0.2, 0.25) is 0 Å². The minimum absolute atomic E-state index is 0.00854. The summed E-state index contributed by atoms with van der Waals surface area (Å²) in [6.45, 7) is 1.85. The molecule has 6 nitrogen and oxygen atoms in total. The number of hydrogen-bond donors (Lipinski definition) is 0. The molecule has 1 unspecified atom stereocenters. The maximum atomic E-state index is 13.0. The van der Waals surface area contributed by atoms with E-state index in [2.05, 4.69) is 15.0 Å². The summed E-state index contributed by atoms with van der Waals surface area (Å²) in [6, 6.07) is 9.43. The second-order valence-corrected chi connectivity index (χ2v) is 6.42. The fourth-order valence-electron chi connectivity index (χ4n) is 3.29. The monoisotopic (exact) mass is 348 g/mol. The number of nitrogens with zero attached hydrogens (tertiary/aromatic N) is 4. The Balaban J connectivity index is 1.46. The first-order chi connectivity index (χ1) is 12.8. The number of benzene rings is 1. The number of rotatable bonds is 4. The van der Waals surface area contributed by atoms with Gasteiger partial charge in [-0.3, -0.25) is 19.7 Å². The first-order valence-corrected chi connectivity index (χ1v) is 8.81. The summed E-state index contributed by atoms with van der Waals surface area (Å²) in [4.78, 5) is 27.6. The number of ether oxygens (including phenoxy) is 1. The number of piperidine rings is 1. The Labute approximate surface area is 151 Å². The smallest absolute Gasteiger partial charge is 0.256 e. The fraction of sp³-hybridized carbons (Fsp3) is 0.300. The lowest BCUT2D eigenvalue weighted by atomic mass is 10.1. The molecule has 26 heavy (non-hydrogen) atoms. The predicted molar refractivity (Wildman–Crippen MR) is 97.5 cm³/mol. The van der Waals surface area contributed by atoms with Gasteiger partial charge in [0.05, 0.1) is 23.8 Å². The lowest BCUT2D eigenvalue weighted by Gasteiger charge is -2.32. The zero-order valence-electron chi connectivity index (χ0n) is 14.4. The molecule has 1 aliphatic rings. The maximum Gasteiger partial charge on any atom is 0.256 e. The number of carbonyl (C=O) groups is 1. The predicted octanol–water partition coefficient (Wildman–Crippen LogP) is 2.85. The van der Waals surface area contributed by atoms with E-state index in [0.29, 0.717) is 24.2 Å². The molecule has 132 valence electrons. The van der Waals surface area contributed by atoms with Crippen molar-refractivity contribution in [2.75, 3.05) is 13.1 Å². The van der Waals surface area contributed by atoms with Crippen LogP contribution < -0.4 is 0 Å². The Morgan fingerprint density at radius 3 is 2.96 bits per heavy atom. The molecule has 3 heterocycles. The molecule has 2 aromatic heterocycles. The van der Waals surface area contributed by atoms with Crippen LogP contribution in [0.25, 0.3) is 11.0 Å².